The summed E-state index contributed by atoms with van der Waals surface area (Å²) in [6, 6.07) is 0. The third-order valence-corrected chi connectivity index (χ3v) is 1.16. The van der Waals surface area contributed by atoms with E-state index in [9.17, 15) is 14.2 Å². The quantitative estimate of drug-likeness (QED) is 0.404. The third-order valence-electron chi connectivity index (χ3n) is 0.387. The second-order valence-corrected chi connectivity index (χ2v) is 2.49. The molecule has 0 aliphatic heterocycles. The van der Waals surface area contributed by atoms with Gasteiger partial charge in [0.05, 0.1) is 0 Å². The molecule has 0 heterocycles. The molecule has 14 heavy (non-hydrogen) atoms. The first kappa shape index (κ1) is 24.8. The molecule has 0 unspecified atom stereocenters. The van der Waals surface area contributed by atoms with Crippen molar-refractivity contribution in [3.8, 4) is 0 Å². The molecule has 0 aliphatic rings. The maximum atomic E-state index is 10.2. The van der Waals surface area contributed by atoms with E-state index in [1.807, 2.05) is 0 Å². The minimum absolute atomic E-state index is 0. The summed E-state index contributed by atoms with van der Waals surface area (Å²) in [5, 5.41) is 15.5. The molecule has 0 radical (unpaired) electrons. The van der Waals surface area contributed by atoms with Gasteiger partial charge in [-0.25, -0.2) is 14.2 Å². The van der Waals surface area contributed by atoms with Crippen molar-refractivity contribution in [2.75, 3.05) is 0 Å². The van der Waals surface area contributed by atoms with Crippen molar-refractivity contribution in [1.29, 1.82) is 0 Å². The van der Waals surface area contributed by atoms with Gasteiger partial charge < -0.3 is 19.3 Å². The zero-order valence-corrected chi connectivity index (χ0v) is 5.72. The van der Waals surface area contributed by atoms with Crippen LogP contribution in [0.5, 0.6) is 0 Å². The first-order valence-electron chi connectivity index (χ1n) is 2.01. The standard InChI is InChI=1S/C2H3O8P.3Na.3H/c3-1(4)9-11(7,8)10-2(5)6;;;;;;/h(H,3,4)(H,5,6)(H,7,8);;;;;;. The second-order valence-electron chi connectivity index (χ2n) is 1.18. The summed E-state index contributed by atoms with van der Waals surface area (Å²) in [5.41, 5.74) is 0. The Morgan fingerprint density at radius 2 is 1.14 bits per heavy atom. The van der Waals surface area contributed by atoms with E-state index in [2.05, 4.69) is 9.05 Å². The second kappa shape index (κ2) is 11.2. The molecular formula is C2H6Na3O8P. The van der Waals surface area contributed by atoms with Crippen molar-refractivity contribution >= 4 is 109 Å². The molecule has 0 saturated heterocycles. The fourth-order valence-corrected chi connectivity index (χ4v) is 0.648. The summed E-state index contributed by atoms with van der Waals surface area (Å²) in [6.45, 7) is 0. The molecule has 0 atom stereocenters. The molecule has 0 bridgehead atoms. The van der Waals surface area contributed by atoms with Crippen LogP contribution in [0.25, 0.3) is 0 Å². The summed E-state index contributed by atoms with van der Waals surface area (Å²) in [4.78, 5) is 27.3. The zero-order valence-electron chi connectivity index (χ0n) is 4.83. The Kier molecular flexibility index (Phi) is 19.9. The SMILES string of the molecule is O=C(O)OP(=O)(O)OC(=O)O.[NaH].[NaH].[NaH]. The van der Waals surface area contributed by atoms with Crippen molar-refractivity contribution in [3.63, 3.8) is 0 Å². The van der Waals surface area contributed by atoms with Crippen molar-refractivity contribution in [2.45, 2.75) is 0 Å². The molecule has 0 rings (SSSR count). The number of carbonyl (C=O) groups is 2. The summed E-state index contributed by atoms with van der Waals surface area (Å²) in [6.07, 6.45) is -4.20. The molecule has 12 heteroatoms. The van der Waals surface area contributed by atoms with Gasteiger partial charge in [0.25, 0.3) is 0 Å². The maximum absolute atomic E-state index is 10.2. The van der Waals surface area contributed by atoms with E-state index >= 15 is 0 Å². The van der Waals surface area contributed by atoms with Crippen LogP contribution in [-0.2, 0) is 13.6 Å². The molecule has 8 nitrogen and oxygen atoms in total. The first-order valence-corrected chi connectivity index (χ1v) is 3.51. The molecule has 3 N–H and O–H groups in total. The summed E-state index contributed by atoms with van der Waals surface area (Å²) < 4.78 is 16.5. The molecular weight excluding hydrogens is 252 g/mol. The van der Waals surface area contributed by atoms with Crippen LogP contribution < -0.4 is 0 Å². The van der Waals surface area contributed by atoms with Crippen molar-refractivity contribution in [1.82, 2.24) is 0 Å². The van der Waals surface area contributed by atoms with Gasteiger partial charge in [0.15, 0.2) is 0 Å². The van der Waals surface area contributed by atoms with Crippen LogP contribution in [-0.4, -0.2) is 116 Å². The minimum atomic E-state index is -5.00. The van der Waals surface area contributed by atoms with E-state index < -0.39 is 20.1 Å². The van der Waals surface area contributed by atoms with Crippen molar-refractivity contribution in [3.05, 3.63) is 0 Å². The number of carboxylic acid groups (broad SMARTS) is 2. The fourth-order valence-electron chi connectivity index (χ4n) is 0.216. The van der Waals surface area contributed by atoms with Gasteiger partial charge in [-0.05, 0) is 0 Å². The van der Waals surface area contributed by atoms with Crippen LogP contribution in [0, 0.1) is 0 Å². The summed E-state index contributed by atoms with van der Waals surface area (Å²) in [5.74, 6) is 0. The molecule has 0 fully saturated rings. The van der Waals surface area contributed by atoms with Crippen LogP contribution in [0.1, 0.15) is 0 Å². The van der Waals surface area contributed by atoms with Crippen molar-refractivity contribution in [2.24, 2.45) is 0 Å². The molecule has 0 aromatic heterocycles. The molecule has 0 spiro atoms. The monoisotopic (exact) mass is 258 g/mol. The van der Waals surface area contributed by atoms with E-state index in [1.54, 1.807) is 0 Å². The molecule has 70 valence electrons. The number of hydrogen-bond donors (Lipinski definition) is 3. The van der Waals surface area contributed by atoms with E-state index in [1.165, 1.54) is 0 Å². The van der Waals surface area contributed by atoms with Gasteiger partial charge in [0, 0.05) is 0 Å². The molecule has 0 aromatic carbocycles. The van der Waals surface area contributed by atoms with Crippen LogP contribution in [0.2, 0.25) is 0 Å². The van der Waals surface area contributed by atoms with E-state index in [-0.39, 0.29) is 88.7 Å². The van der Waals surface area contributed by atoms with Gasteiger partial charge in [0.2, 0.25) is 0 Å². The average Bonchev–Trinajstić information content (AvgIpc) is 1.53. The molecule has 0 aromatic rings. The number of phosphoric ester groups is 1. The normalized spacial score (nSPS) is 8.07. The Balaban J connectivity index is -0.000000167. The Morgan fingerprint density at radius 3 is 1.29 bits per heavy atom. The fraction of sp³-hybridized carbons (Fsp3) is 0. The Morgan fingerprint density at radius 1 is 0.929 bits per heavy atom. The van der Waals surface area contributed by atoms with Crippen LogP contribution in [0.3, 0.4) is 0 Å². The van der Waals surface area contributed by atoms with Gasteiger partial charge in [-0.3, -0.25) is 4.89 Å². The van der Waals surface area contributed by atoms with Crippen LogP contribution in [0.15, 0.2) is 0 Å². The predicted octanol–water partition coefficient (Wildman–Crippen LogP) is -1.47. The number of hydrogen-bond acceptors (Lipinski definition) is 5. The van der Waals surface area contributed by atoms with Crippen LogP contribution >= 0.6 is 7.82 Å². The Bertz CT molecular complexity index is 209. The average molecular weight is 258 g/mol. The van der Waals surface area contributed by atoms with E-state index in [4.69, 9.17) is 15.1 Å². The summed E-state index contributed by atoms with van der Waals surface area (Å²) in [7, 11) is -5.00. The Labute approximate surface area is 145 Å². The summed E-state index contributed by atoms with van der Waals surface area (Å²) >= 11 is 0. The van der Waals surface area contributed by atoms with Crippen molar-refractivity contribution < 1.29 is 38.3 Å². The first-order chi connectivity index (χ1) is 4.83. The molecule has 0 amide bonds. The van der Waals surface area contributed by atoms with Crippen LogP contribution in [0.4, 0.5) is 9.59 Å². The van der Waals surface area contributed by atoms with Gasteiger partial charge in [-0.2, -0.15) is 0 Å². The molecule has 0 saturated carbocycles. The van der Waals surface area contributed by atoms with Gasteiger partial charge >= 0.3 is 109 Å². The number of phosphoric acid groups is 1. The van der Waals surface area contributed by atoms with Gasteiger partial charge in [-0.1, -0.05) is 0 Å². The van der Waals surface area contributed by atoms with E-state index in [0.29, 0.717) is 0 Å². The van der Waals surface area contributed by atoms with Gasteiger partial charge in [-0.15, -0.1) is 0 Å². The zero-order chi connectivity index (χ0) is 9.07. The number of rotatable bonds is 2. The predicted molar refractivity (Wildman–Crippen MR) is 49.5 cm³/mol. The Hall–Kier alpha value is 1.73. The third kappa shape index (κ3) is 16.2. The molecule has 0 aliphatic carbocycles. The van der Waals surface area contributed by atoms with E-state index in [0.717, 1.165) is 0 Å². The van der Waals surface area contributed by atoms with Gasteiger partial charge in [0.1, 0.15) is 0 Å². The topological polar surface area (TPSA) is 130 Å².